The van der Waals surface area contributed by atoms with Crippen LogP contribution in [0.3, 0.4) is 0 Å². The van der Waals surface area contributed by atoms with Gasteiger partial charge in [0.2, 0.25) is 0 Å². The van der Waals surface area contributed by atoms with Crippen LogP contribution in [-0.2, 0) is 32.7 Å². The van der Waals surface area contributed by atoms with Crippen molar-refractivity contribution in [2.45, 2.75) is 0 Å². The van der Waals surface area contributed by atoms with Crippen molar-refractivity contribution in [3.8, 4) is 0 Å². The Morgan fingerprint density at radius 3 is 0.500 bits per heavy atom. The van der Waals surface area contributed by atoms with E-state index in [2.05, 4.69) is 0 Å². The molecule has 0 aliphatic rings. The summed E-state index contributed by atoms with van der Waals surface area (Å²) in [5, 5.41) is 0. The van der Waals surface area contributed by atoms with Gasteiger partial charge in [0.25, 0.3) is 0 Å². The summed E-state index contributed by atoms with van der Waals surface area (Å²) in [5.74, 6) is 0. The maximum Gasteiger partial charge on any atom is 3.00 e. The zero-order valence-corrected chi connectivity index (χ0v) is 4.55. The molecule has 0 spiro atoms. The minimum absolute atomic E-state index is 0. The molecule has 0 saturated carbocycles. The second-order valence-corrected chi connectivity index (χ2v) is 0. The SMILES string of the molecule is [F-].[F-].[F-].[Y+3]. The van der Waals surface area contributed by atoms with Crippen LogP contribution < -0.4 is 14.1 Å². The van der Waals surface area contributed by atoms with Crippen LogP contribution in [0.5, 0.6) is 0 Å². The van der Waals surface area contributed by atoms with E-state index in [1.54, 1.807) is 0 Å². The van der Waals surface area contributed by atoms with E-state index in [1.807, 2.05) is 0 Å². The molecule has 4 heteroatoms. The number of rotatable bonds is 0. The molecule has 0 fully saturated rings. The van der Waals surface area contributed by atoms with Crippen LogP contribution in [-0.4, -0.2) is 0 Å². The smallest absolute Gasteiger partial charge is 1.00 e. The van der Waals surface area contributed by atoms with Crippen LogP contribution in [0, 0.1) is 0 Å². The first-order chi connectivity index (χ1) is 0. The average molecular weight is 146 g/mol. The molecule has 0 unspecified atom stereocenters. The summed E-state index contributed by atoms with van der Waals surface area (Å²) in [6.45, 7) is 0. The predicted molar refractivity (Wildman–Crippen MR) is 0 cm³/mol. The molecule has 0 nitrogen and oxygen atoms in total. The summed E-state index contributed by atoms with van der Waals surface area (Å²) >= 11 is 0. The fourth-order valence-corrected chi connectivity index (χ4v) is 0. The molecule has 0 radical (unpaired) electrons. The normalized spacial score (nSPS) is 0. The minimum atomic E-state index is 0. The van der Waals surface area contributed by atoms with Gasteiger partial charge in [-0.15, -0.1) is 0 Å². The van der Waals surface area contributed by atoms with Gasteiger partial charge in [-0.1, -0.05) is 0 Å². The first-order valence-electron chi connectivity index (χ1n) is 0. The van der Waals surface area contributed by atoms with Crippen molar-refractivity contribution in [3.05, 3.63) is 0 Å². The summed E-state index contributed by atoms with van der Waals surface area (Å²) in [6.07, 6.45) is 0. The molecule has 0 aromatic carbocycles. The second kappa shape index (κ2) is 40.8. The van der Waals surface area contributed by atoms with Crippen molar-refractivity contribution in [2.75, 3.05) is 0 Å². The molecule has 24 valence electrons. The van der Waals surface area contributed by atoms with Crippen LogP contribution in [0.25, 0.3) is 0 Å². The van der Waals surface area contributed by atoms with E-state index in [-0.39, 0.29) is 46.8 Å². The summed E-state index contributed by atoms with van der Waals surface area (Å²) in [4.78, 5) is 0. The van der Waals surface area contributed by atoms with Crippen molar-refractivity contribution in [1.82, 2.24) is 0 Å². The van der Waals surface area contributed by atoms with Gasteiger partial charge < -0.3 is 14.1 Å². The Bertz CT molecular complexity index is 3.25. The molecule has 0 rings (SSSR count). The van der Waals surface area contributed by atoms with E-state index >= 15 is 0 Å². The maximum absolute atomic E-state index is 0. The first kappa shape index (κ1) is 92.9. The third-order valence-electron chi connectivity index (χ3n) is 0. The van der Waals surface area contributed by atoms with Crippen molar-refractivity contribution in [1.29, 1.82) is 0 Å². The van der Waals surface area contributed by atoms with Crippen LogP contribution in [0.2, 0.25) is 0 Å². The van der Waals surface area contributed by atoms with Crippen molar-refractivity contribution >= 4 is 0 Å². The minimum Gasteiger partial charge on any atom is -1.00 e. The number of hydrogen-bond donors (Lipinski definition) is 0. The predicted octanol–water partition coefficient (Wildman–Crippen LogP) is -8.99. The van der Waals surface area contributed by atoms with Gasteiger partial charge in [0, 0.05) is 0 Å². The Balaban J connectivity index is 0. The molecule has 0 amide bonds. The van der Waals surface area contributed by atoms with E-state index in [0.717, 1.165) is 0 Å². The van der Waals surface area contributed by atoms with Gasteiger partial charge >= 0.3 is 32.7 Å². The van der Waals surface area contributed by atoms with E-state index < -0.39 is 0 Å². The molecule has 0 atom stereocenters. The monoisotopic (exact) mass is 146 g/mol. The zero-order valence-electron chi connectivity index (χ0n) is 1.71. The fourth-order valence-electron chi connectivity index (χ4n) is 0. The third-order valence-corrected chi connectivity index (χ3v) is 0. The van der Waals surface area contributed by atoms with Gasteiger partial charge in [0.1, 0.15) is 0 Å². The average Bonchev–Trinajstić information content (AvgIpc) is 0. The first-order valence-corrected chi connectivity index (χ1v) is 0. The largest absolute Gasteiger partial charge is 3.00 e. The Morgan fingerprint density at radius 1 is 0.500 bits per heavy atom. The number of halogens is 3. The molecule has 0 saturated heterocycles. The van der Waals surface area contributed by atoms with E-state index in [1.165, 1.54) is 0 Å². The molecule has 4 heavy (non-hydrogen) atoms. The Labute approximate surface area is 46.9 Å². The Morgan fingerprint density at radius 2 is 0.500 bits per heavy atom. The van der Waals surface area contributed by atoms with Gasteiger partial charge in [-0.05, 0) is 0 Å². The summed E-state index contributed by atoms with van der Waals surface area (Å²) in [5.41, 5.74) is 0. The van der Waals surface area contributed by atoms with Gasteiger partial charge in [-0.2, -0.15) is 0 Å². The van der Waals surface area contributed by atoms with E-state index in [4.69, 9.17) is 0 Å². The fraction of sp³-hybridized carbons (Fsp3) is 0. The zero-order chi connectivity index (χ0) is 0. The molecule has 0 bridgehead atoms. The summed E-state index contributed by atoms with van der Waals surface area (Å²) in [6, 6.07) is 0. The molecular weight excluding hydrogens is 146 g/mol. The van der Waals surface area contributed by atoms with Crippen LogP contribution in [0.4, 0.5) is 0 Å². The third kappa shape index (κ3) is 13.0. The summed E-state index contributed by atoms with van der Waals surface area (Å²) in [7, 11) is 0. The van der Waals surface area contributed by atoms with Gasteiger partial charge in [0.05, 0.1) is 0 Å². The molecule has 0 N–H and O–H groups in total. The quantitative estimate of drug-likeness (QED) is 0.318. The number of hydrogen-bond acceptors (Lipinski definition) is 0. The van der Waals surface area contributed by atoms with Crippen molar-refractivity contribution in [2.24, 2.45) is 0 Å². The van der Waals surface area contributed by atoms with Crippen LogP contribution in [0.15, 0.2) is 0 Å². The maximum atomic E-state index is 0. The molecule has 0 aromatic heterocycles. The van der Waals surface area contributed by atoms with Crippen molar-refractivity contribution < 1.29 is 46.8 Å². The molecule has 0 aliphatic carbocycles. The van der Waals surface area contributed by atoms with E-state index in [9.17, 15) is 0 Å². The summed E-state index contributed by atoms with van der Waals surface area (Å²) < 4.78 is 0. The van der Waals surface area contributed by atoms with Gasteiger partial charge in [-0.3, -0.25) is 0 Å². The molecular formula is F3Y. The van der Waals surface area contributed by atoms with Crippen LogP contribution >= 0.6 is 0 Å². The van der Waals surface area contributed by atoms with Gasteiger partial charge in [-0.25, -0.2) is 0 Å². The Hall–Kier alpha value is 0.894. The van der Waals surface area contributed by atoms with Gasteiger partial charge in [0.15, 0.2) is 0 Å². The topological polar surface area (TPSA) is 0 Å². The molecule has 0 aliphatic heterocycles. The van der Waals surface area contributed by atoms with Crippen molar-refractivity contribution in [3.63, 3.8) is 0 Å². The molecule has 0 heterocycles. The standard InChI is InChI=1S/3FH.Y/h3*1H;/q;;;+3/p-3. The Kier molecular flexibility index (Phi) is 947. The second-order valence-electron chi connectivity index (χ2n) is 0. The van der Waals surface area contributed by atoms with Crippen LogP contribution in [0.1, 0.15) is 0 Å². The van der Waals surface area contributed by atoms with E-state index in [0.29, 0.717) is 0 Å². The molecule has 0 aromatic rings.